The van der Waals surface area contributed by atoms with Crippen molar-refractivity contribution < 1.29 is 19.5 Å². The summed E-state index contributed by atoms with van der Waals surface area (Å²) in [4.78, 5) is 39.2. The molecule has 3 aromatic rings. The summed E-state index contributed by atoms with van der Waals surface area (Å²) in [6, 6.07) is 21.9. The van der Waals surface area contributed by atoms with E-state index in [9.17, 15) is 14.4 Å². The van der Waals surface area contributed by atoms with Gasteiger partial charge in [0.2, 0.25) is 5.91 Å². The van der Waals surface area contributed by atoms with E-state index >= 15 is 0 Å². The van der Waals surface area contributed by atoms with E-state index in [-0.39, 0.29) is 24.2 Å². The number of hydrogen-bond acceptors (Lipinski definition) is 5. The van der Waals surface area contributed by atoms with Crippen molar-refractivity contribution in [1.29, 1.82) is 0 Å². The third-order valence-corrected chi connectivity index (χ3v) is 6.90. The van der Waals surface area contributed by atoms with Gasteiger partial charge in [0, 0.05) is 48.4 Å². The van der Waals surface area contributed by atoms with Crippen molar-refractivity contribution >= 4 is 40.6 Å². The summed E-state index contributed by atoms with van der Waals surface area (Å²) in [5.41, 5.74) is 3.03. The lowest BCUT2D eigenvalue weighted by atomic mass is 9.78. The number of hydrogen-bond donors (Lipinski definition) is 3. The van der Waals surface area contributed by atoms with Gasteiger partial charge in [-0.15, -0.1) is 0 Å². The van der Waals surface area contributed by atoms with Crippen LogP contribution in [0.5, 0.6) is 0 Å². The number of nitrogens with zero attached hydrogens (tertiary/aromatic N) is 1. The number of aliphatic carboxylic acids is 1. The SMILES string of the molecule is CC(=O)N(c1ccc(Cl)cc1)[C@@H]1CC(C)(C(=O)c2ccc(CNCCC(=O)O)cc2)Nc2ccccc21. The minimum atomic E-state index is -0.958. The molecule has 0 aromatic heterocycles. The topological polar surface area (TPSA) is 98.7 Å². The van der Waals surface area contributed by atoms with Crippen LogP contribution in [0.2, 0.25) is 5.02 Å². The van der Waals surface area contributed by atoms with E-state index < -0.39 is 11.5 Å². The van der Waals surface area contributed by atoms with Gasteiger partial charge in [-0.3, -0.25) is 14.4 Å². The van der Waals surface area contributed by atoms with E-state index in [1.165, 1.54) is 6.92 Å². The lowest BCUT2D eigenvalue weighted by Crippen LogP contribution is -2.51. The van der Waals surface area contributed by atoms with E-state index in [0.717, 1.165) is 16.8 Å². The van der Waals surface area contributed by atoms with Gasteiger partial charge in [-0.2, -0.15) is 0 Å². The Morgan fingerprint density at radius 2 is 1.73 bits per heavy atom. The predicted molar refractivity (Wildman–Crippen MR) is 145 cm³/mol. The number of anilines is 2. The fraction of sp³-hybridized carbons (Fsp3) is 0.276. The third kappa shape index (κ3) is 6.01. The first kappa shape index (κ1) is 26.4. The van der Waals surface area contributed by atoms with Crippen molar-refractivity contribution in [2.75, 3.05) is 16.8 Å². The molecule has 3 aromatic carbocycles. The Morgan fingerprint density at radius 1 is 1.05 bits per heavy atom. The van der Waals surface area contributed by atoms with E-state index in [4.69, 9.17) is 16.7 Å². The molecule has 0 spiro atoms. The molecule has 0 bridgehead atoms. The van der Waals surface area contributed by atoms with Crippen LogP contribution in [-0.4, -0.2) is 34.8 Å². The Bertz CT molecular complexity index is 1290. The van der Waals surface area contributed by atoms with Crippen molar-refractivity contribution in [1.82, 2.24) is 5.32 Å². The summed E-state index contributed by atoms with van der Waals surface area (Å²) in [5, 5.41) is 15.9. The van der Waals surface area contributed by atoms with Crippen molar-refractivity contribution in [3.8, 4) is 0 Å². The number of amides is 1. The second kappa shape index (κ2) is 11.2. The Morgan fingerprint density at radius 3 is 2.38 bits per heavy atom. The first-order valence-corrected chi connectivity index (χ1v) is 12.5. The molecule has 7 nitrogen and oxygen atoms in total. The van der Waals surface area contributed by atoms with Gasteiger partial charge in [-0.25, -0.2) is 0 Å². The molecule has 1 amide bonds. The largest absolute Gasteiger partial charge is 0.481 e. The number of carbonyl (C=O) groups excluding carboxylic acids is 2. The third-order valence-electron chi connectivity index (χ3n) is 6.65. The zero-order chi connectivity index (χ0) is 26.6. The molecule has 0 saturated heterocycles. The number of ketones is 1. The molecule has 0 radical (unpaired) electrons. The number of rotatable bonds is 9. The molecular weight excluding hydrogens is 490 g/mol. The standard InChI is InChI=1S/C29H30ClN3O4/c1-19(34)33(23-13-11-22(30)12-14-23)26-17-29(2,32-25-6-4-3-5-24(25)26)28(37)21-9-7-20(8-10-21)18-31-16-15-27(35)36/h3-14,26,31-32H,15-18H2,1-2H3,(H,35,36)/t26-,29?/m1/s1. The molecule has 0 aliphatic carbocycles. The van der Waals surface area contributed by atoms with Crippen LogP contribution in [0.4, 0.5) is 11.4 Å². The second-order valence-corrected chi connectivity index (χ2v) is 9.91. The highest BCUT2D eigenvalue weighted by Crippen LogP contribution is 2.44. The summed E-state index contributed by atoms with van der Waals surface area (Å²) in [6.07, 6.45) is 0.431. The van der Waals surface area contributed by atoms with Gasteiger partial charge in [0.15, 0.2) is 5.78 Å². The van der Waals surface area contributed by atoms with Gasteiger partial charge < -0.3 is 20.6 Å². The zero-order valence-corrected chi connectivity index (χ0v) is 21.6. The van der Waals surface area contributed by atoms with Crippen molar-refractivity contribution in [2.45, 2.75) is 44.8 Å². The molecular formula is C29H30ClN3O4. The van der Waals surface area contributed by atoms with Gasteiger partial charge in [0.1, 0.15) is 5.54 Å². The van der Waals surface area contributed by atoms with Crippen molar-refractivity contribution in [3.05, 3.63) is 94.5 Å². The quantitative estimate of drug-likeness (QED) is 0.256. The van der Waals surface area contributed by atoms with Gasteiger partial charge in [-0.1, -0.05) is 54.1 Å². The number of fused-ring (bicyclic) bond motifs is 1. The Labute approximate surface area is 221 Å². The van der Waals surface area contributed by atoms with Crippen LogP contribution < -0.4 is 15.5 Å². The fourth-order valence-electron chi connectivity index (χ4n) is 4.83. The maximum atomic E-state index is 13.8. The average Bonchev–Trinajstić information content (AvgIpc) is 2.87. The van der Waals surface area contributed by atoms with Crippen LogP contribution in [0.1, 0.15) is 54.2 Å². The molecule has 0 saturated carbocycles. The van der Waals surface area contributed by atoms with E-state index in [2.05, 4.69) is 10.6 Å². The highest BCUT2D eigenvalue weighted by atomic mass is 35.5. The molecule has 4 rings (SSSR count). The number of para-hydroxylation sites is 1. The summed E-state index contributed by atoms with van der Waals surface area (Å²) in [5.74, 6) is -1.04. The summed E-state index contributed by atoms with van der Waals surface area (Å²) in [6.45, 7) is 4.29. The number of halogens is 1. The number of Topliss-reactive ketones (excluding diaryl/α,β-unsaturated/α-hetero) is 1. The molecule has 8 heteroatoms. The predicted octanol–water partition coefficient (Wildman–Crippen LogP) is 5.46. The van der Waals surface area contributed by atoms with Gasteiger partial charge in [-0.05, 0) is 48.4 Å². The monoisotopic (exact) mass is 519 g/mol. The van der Waals surface area contributed by atoms with Crippen LogP contribution in [0.3, 0.4) is 0 Å². The van der Waals surface area contributed by atoms with E-state index in [1.807, 2.05) is 55.5 Å². The minimum Gasteiger partial charge on any atom is -0.481 e. The molecule has 0 fully saturated rings. The number of nitrogens with one attached hydrogen (secondary N) is 2. The Hall–Kier alpha value is -3.68. The van der Waals surface area contributed by atoms with Crippen LogP contribution >= 0.6 is 11.6 Å². The molecule has 192 valence electrons. The lowest BCUT2D eigenvalue weighted by molar-refractivity contribution is -0.136. The van der Waals surface area contributed by atoms with Gasteiger partial charge in [0.05, 0.1) is 12.5 Å². The summed E-state index contributed by atoms with van der Waals surface area (Å²) < 4.78 is 0. The second-order valence-electron chi connectivity index (χ2n) is 9.48. The molecule has 1 aliphatic rings. The normalized spacial score (nSPS) is 18.4. The maximum absolute atomic E-state index is 13.8. The number of carbonyl (C=O) groups is 3. The van der Waals surface area contributed by atoms with E-state index in [1.54, 1.807) is 29.2 Å². The van der Waals surface area contributed by atoms with Crippen molar-refractivity contribution in [2.24, 2.45) is 0 Å². The molecule has 1 heterocycles. The first-order valence-electron chi connectivity index (χ1n) is 12.2. The van der Waals surface area contributed by atoms with E-state index in [0.29, 0.717) is 35.8 Å². The van der Waals surface area contributed by atoms with Gasteiger partial charge >= 0.3 is 5.97 Å². The van der Waals surface area contributed by atoms with Crippen molar-refractivity contribution in [3.63, 3.8) is 0 Å². The van der Waals surface area contributed by atoms with Crippen LogP contribution in [0.15, 0.2) is 72.8 Å². The molecule has 37 heavy (non-hydrogen) atoms. The number of carboxylic acids is 1. The van der Waals surface area contributed by atoms with Crippen LogP contribution in [0.25, 0.3) is 0 Å². The minimum absolute atomic E-state index is 0.0521. The average molecular weight is 520 g/mol. The highest BCUT2D eigenvalue weighted by molar-refractivity contribution is 6.30. The molecule has 3 N–H and O–H groups in total. The maximum Gasteiger partial charge on any atom is 0.304 e. The number of benzene rings is 3. The fourth-order valence-corrected chi connectivity index (χ4v) is 4.96. The van der Waals surface area contributed by atoms with Crippen LogP contribution in [-0.2, 0) is 16.1 Å². The number of carboxylic acid groups (broad SMARTS) is 1. The zero-order valence-electron chi connectivity index (χ0n) is 20.8. The molecule has 1 unspecified atom stereocenters. The first-order chi connectivity index (χ1) is 17.7. The summed E-state index contributed by atoms with van der Waals surface area (Å²) in [7, 11) is 0. The van der Waals surface area contributed by atoms with Crippen LogP contribution in [0, 0.1) is 0 Å². The molecule has 1 aliphatic heterocycles. The molecule has 2 atom stereocenters. The lowest BCUT2D eigenvalue weighted by Gasteiger charge is -2.44. The summed E-state index contributed by atoms with van der Waals surface area (Å²) >= 11 is 6.09. The highest BCUT2D eigenvalue weighted by Gasteiger charge is 2.44. The smallest absolute Gasteiger partial charge is 0.304 e. The Balaban J connectivity index is 1.60. The van der Waals surface area contributed by atoms with Gasteiger partial charge in [0.25, 0.3) is 0 Å². The Kier molecular flexibility index (Phi) is 7.95.